The lowest BCUT2D eigenvalue weighted by molar-refractivity contribution is 0.398. The minimum absolute atomic E-state index is 0.456. The van der Waals surface area contributed by atoms with E-state index in [1.807, 2.05) is 48.5 Å². The summed E-state index contributed by atoms with van der Waals surface area (Å²) in [5.74, 6) is 1.77. The van der Waals surface area contributed by atoms with Gasteiger partial charge in [-0.15, -0.1) is 0 Å². The van der Waals surface area contributed by atoms with E-state index < -0.39 is 0 Å². The Bertz CT molecular complexity index is 1440. The van der Waals surface area contributed by atoms with Crippen LogP contribution in [0.25, 0.3) is 33.4 Å². The van der Waals surface area contributed by atoms with Crippen LogP contribution in [0.2, 0.25) is 10.0 Å². The molecular formula is C25H17Cl2N5O. The molecule has 6 nitrogen and oxygen atoms in total. The number of hydrogen-bond donors (Lipinski definition) is 1. The maximum absolute atomic E-state index is 6.23. The number of anilines is 2. The van der Waals surface area contributed by atoms with E-state index in [1.165, 1.54) is 0 Å². The molecule has 0 aliphatic carbocycles. The first-order valence-electron chi connectivity index (χ1n) is 10.1. The molecule has 8 heteroatoms. The van der Waals surface area contributed by atoms with Gasteiger partial charge >= 0.3 is 0 Å². The van der Waals surface area contributed by atoms with Gasteiger partial charge < -0.3 is 10.1 Å². The van der Waals surface area contributed by atoms with Crippen LogP contribution in [0.5, 0.6) is 5.88 Å². The second kappa shape index (κ2) is 9.02. The van der Waals surface area contributed by atoms with Crippen molar-refractivity contribution < 1.29 is 4.74 Å². The zero-order valence-corrected chi connectivity index (χ0v) is 19.0. The van der Waals surface area contributed by atoms with Crippen molar-refractivity contribution in [2.24, 2.45) is 0 Å². The lowest BCUT2D eigenvalue weighted by Gasteiger charge is -2.13. The number of ether oxygens (including phenoxy) is 1. The number of aromatic nitrogens is 4. The Hall–Kier alpha value is -3.74. The number of nitrogens with zero attached hydrogens (tertiary/aromatic N) is 4. The third kappa shape index (κ3) is 4.44. The molecule has 3 heterocycles. The maximum atomic E-state index is 6.23. The molecule has 0 saturated carbocycles. The normalized spacial score (nSPS) is 10.9. The summed E-state index contributed by atoms with van der Waals surface area (Å²) < 4.78 is 5.17. The van der Waals surface area contributed by atoms with E-state index in [0.29, 0.717) is 27.6 Å². The number of pyridine rings is 2. The summed E-state index contributed by atoms with van der Waals surface area (Å²) in [6, 6.07) is 18.9. The Morgan fingerprint density at radius 3 is 2.42 bits per heavy atom. The van der Waals surface area contributed by atoms with Crippen molar-refractivity contribution >= 4 is 45.6 Å². The van der Waals surface area contributed by atoms with Crippen LogP contribution in [-0.2, 0) is 0 Å². The molecule has 0 saturated heterocycles. The highest BCUT2D eigenvalue weighted by molar-refractivity contribution is 6.42. The number of benzene rings is 2. The summed E-state index contributed by atoms with van der Waals surface area (Å²) in [4.78, 5) is 18.1. The molecule has 0 radical (unpaired) electrons. The topological polar surface area (TPSA) is 72.8 Å². The molecule has 5 rings (SSSR count). The summed E-state index contributed by atoms with van der Waals surface area (Å²) >= 11 is 12.3. The molecule has 0 aliphatic rings. The molecule has 0 fully saturated rings. The summed E-state index contributed by atoms with van der Waals surface area (Å²) in [6.45, 7) is 0. The van der Waals surface area contributed by atoms with Gasteiger partial charge in [-0.05, 0) is 54.1 Å². The summed E-state index contributed by atoms with van der Waals surface area (Å²) in [5, 5.41) is 5.16. The highest BCUT2D eigenvalue weighted by Crippen LogP contribution is 2.33. The number of fused-ring (bicyclic) bond motifs is 1. The molecule has 33 heavy (non-hydrogen) atoms. The number of hydrogen-bond acceptors (Lipinski definition) is 6. The lowest BCUT2D eigenvalue weighted by Crippen LogP contribution is -2.00. The predicted octanol–water partition coefficient (Wildman–Crippen LogP) is 6.81. The first-order chi connectivity index (χ1) is 16.1. The van der Waals surface area contributed by atoms with E-state index in [1.54, 1.807) is 37.8 Å². The Morgan fingerprint density at radius 1 is 0.818 bits per heavy atom. The minimum atomic E-state index is 0.456. The van der Waals surface area contributed by atoms with Crippen LogP contribution in [0.3, 0.4) is 0 Å². The van der Waals surface area contributed by atoms with Crippen molar-refractivity contribution in [3.63, 3.8) is 0 Å². The van der Waals surface area contributed by atoms with Crippen LogP contribution in [0.1, 0.15) is 0 Å². The van der Waals surface area contributed by atoms with E-state index in [0.717, 1.165) is 33.3 Å². The first kappa shape index (κ1) is 21.1. The fourth-order valence-electron chi connectivity index (χ4n) is 3.41. The van der Waals surface area contributed by atoms with Gasteiger partial charge in [0.1, 0.15) is 5.82 Å². The average Bonchev–Trinajstić information content (AvgIpc) is 2.86. The van der Waals surface area contributed by atoms with E-state index in [2.05, 4.69) is 15.3 Å². The van der Waals surface area contributed by atoms with E-state index in [-0.39, 0.29) is 0 Å². The van der Waals surface area contributed by atoms with Crippen molar-refractivity contribution in [2.45, 2.75) is 0 Å². The Morgan fingerprint density at radius 2 is 1.70 bits per heavy atom. The zero-order valence-electron chi connectivity index (χ0n) is 17.5. The van der Waals surface area contributed by atoms with Crippen LogP contribution in [0, 0.1) is 0 Å². The van der Waals surface area contributed by atoms with Gasteiger partial charge in [-0.25, -0.2) is 15.0 Å². The van der Waals surface area contributed by atoms with Crippen LogP contribution >= 0.6 is 23.2 Å². The van der Waals surface area contributed by atoms with Gasteiger partial charge in [-0.2, -0.15) is 0 Å². The molecule has 0 spiro atoms. The Kier molecular flexibility index (Phi) is 5.77. The molecule has 162 valence electrons. The van der Waals surface area contributed by atoms with Gasteiger partial charge in [0, 0.05) is 46.9 Å². The highest BCUT2D eigenvalue weighted by Gasteiger charge is 2.12. The van der Waals surface area contributed by atoms with Gasteiger partial charge in [0.15, 0.2) is 5.82 Å². The third-order valence-corrected chi connectivity index (χ3v) is 5.82. The molecule has 0 amide bonds. The van der Waals surface area contributed by atoms with Gasteiger partial charge in [-0.1, -0.05) is 29.3 Å². The second-order valence-corrected chi connectivity index (χ2v) is 8.03. The zero-order chi connectivity index (χ0) is 22.8. The third-order valence-electron chi connectivity index (χ3n) is 5.08. The molecule has 0 unspecified atom stereocenters. The largest absolute Gasteiger partial charge is 0.481 e. The van der Waals surface area contributed by atoms with E-state index >= 15 is 0 Å². The summed E-state index contributed by atoms with van der Waals surface area (Å²) in [5.41, 5.74) is 4.30. The quantitative estimate of drug-likeness (QED) is 0.302. The number of rotatable bonds is 5. The number of halogens is 2. The molecule has 0 bridgehead atoms. The molecular weight excluding hydrogens is 457 g/mol. The van der Waals surface area contributed by atoms with Crippen LogP contribution in [0.4, 0.5) is 11.5 Å². The predicted molar refractivity (Wildman–Crippen MR) is 132 cm³/mol. The van der Waals surface area contributed by atoms with Crippen molar-refractivity contribution in [1.29, 1.82) is 0 Å². The van der Waals surface area contributed by atoms with Crippen molar-refractivity contribution in [3.8, 4) is 28.4 Å². The molecule has 0 aliphatic heterocycles. The fraction of sp³-hybridized carbons (Fsp3) is 0.0400. The fourth-order valence-corrected chi connectivity index (χ4v) is 3.71. The number of nitrogens with one attached hydrogen (secondary N) is 1. The van der Waals surface area contributed by atoms with Gasteiger partial charge in [0.2, 0.25) is 5.88 Å². The molecule has 3 aromatic heterocycles. The molecule has 1 N–H and O–H groups in total. The van der Waals surface area contributed by atoms with Gasteiger partial charge in [-0.3, -0.25) is 4.98 Å². The van der Waals surface area contributed by atoms with Gasteiger partial charge in [0.05, 0.1) is 22.7 Å². The van der Waals surface area contributed by atoms with E-state index in [4.69, 9.17) is 37.9 Å². The molecule has 2 aromatic carbocycles. The lowest BCUT2D eigenvalue weighted by atomic mass is 10.0. The van der Waals surface area contributed by atoms with Crippen LogP contribution in [-0.4, -0.2) is 27.0 Å². The van der Waals surface area contributed by atoms with Crippen LogP contribution in [0.15, 0.2) is 79.3 Å². The maximum Gasteiger partial charge on any atom is 0.212 e. The number of methoxy groups -OCH3 is 1. The molecule has 0 atom stereocenters. The van der Waals surface area contributed by atoms with Crippen LogP contribution < -0.4 is 10.1 Å². The highest BCUT2D eigenvalue weighted by atomic mass is 35.5. The Labute approximate surface area is 200 Å². The second-order valence-electron chi connectivity index (χ2n) is 7.21. The standard InChI is InChI=1S/C25H17Cl2N5O/c1-33-23-9-5-16(14-29-23)15-4-8-22-19(11-15)25(30-18-6-7-20(26)21(27)12-18)32-24(31-22)17-3-2-10-28-13-17/h2-14H,1H3,(H,30,31,32). The average molecular weight is 474 g/mol. The summed E-state index contributed by atoms with van der Waals surface area (Å²) in [7, 11) is 1.59. The SMILES string of the molecule is COc1ccc(-c2ccc3nc(-c4cccnc4)nc(Nc4ccc(Cl)c(Cl)c4)c3c2)cn1. The van der Waals surface area contributed by atoms with E-state index in [9.17, 15) is 0 Å². The molecule has 5 aromatic rings. The van der Waals surface area contributed by atoms with Crippen molar-refractivity contribution in [1.82, 2.24) is 19.9 Å². The van der Waals surface area contributed by atoms with Gasteiger partial charge in [0.25, 0.3) is 0 Å². The monoisotopic (exact) mass is 473 g/mol. The minimum Gasteiger partial charge on any atom is -0.481 e. The van der Waals surface area contributed by atoms with Crippen molar-refractivity contribution in [3.05, 3.63) is 89.3 Å². The Balaban J connectivity index is 1.65. The first-order valence-corrected chi connectivity index (χ1v) is 10.8. The smallest absolute Gasteiger partial charge is 0.212 e. The van der Waals surface area contributed by atoms with Crippen molar-refractivity contribution in [2.75, 3.05) is 12.4 Å². The summed E-state index contributed by atoms with van der Waals surface area (Å²) in [6.07, 6.45) is 5.23.